The molecule has 1 aromatic carbocycles. The number of rotatable bonds is 3. The van der Waals surface area contributed by atoms with Gasteiger partial charge in [-0.1, -0.05) is 12.1 Å². The summed E-state index contributed by atoms with van der Waals surface area (Å²) in [5.74, 6) is 0.439. The molecule has 0 unspecified atom stereocenters. The SMILES string of the molecule is CS(=O)(=O)c1cccc(-c2ccc3ncc(-c4ccc(N)nc4)n3n2)c1. The van der Waals surface area contributed by atoms with Crippen molar-refractivity contribution in [3.63, 3.8) is 0 Å². The predicted octanol–water partition coefficient (Wildman–Crippen LogP) is 2.44. The minimum atomic E-state index is -3.29. The van der Waals surface area contributed by atoms with Crippen molar-refractivity contribution in [1.82, 2.24) is 19.6 Å². The molecule has 0 aliphatic rings. The Morgan fingerprint density at radius 1 is 0.962 bits per heavy atom. The van der Waals surface area contributed by atoms with Crippen molar-refractivity contribution in [2.24, 2.45) is 0 Å². The lowest BCUT2D eigenvalue weighted by Gasteiger charge is -2.06. The largest absolute Gasteiger partial charge is 0.384 e. The number of hydrogen-bond donors (Lipinski definition) is 1. The molecule has 0 saturated carbocycles. The molecule has 0 fully saturated rings. The maximum atomic E-state index is 11.8. The number of nitrogens with two attached hydrogens (primary N) is 1. The Bertz CT molecular complexity index is 1210. The molecule has 0 aliphatic carbocycles. The van der Waals surface area contributed by atoms with Crippen LogP contribution in [0.5, 0.6) is 0 Å². The average molecular weight is 365 g/mol. The molecule has 26 heavy (non-hydrogen) atoms. The fourth-order valence-electron chi connectivity index (χ4n) is 2.67. The molecule has 0 amide bonds. The number of benzene rings is 1. The van der Waals surface area contributed by atoms with Gasteiger partial charge in [0.1, 0.15) is 5.82 Å². The standard InChI is InChI=1S/C18H15N5O2S/c1-26(24,25)14-4-2-3-12(9-14)15-6-8-18-21-11-16(23(18)22-15)13-5-7-17(19)20-10-13/h2-11H,1H3,(H2,19,20). The quantitative estimate of drug-likeness (QED) is 0.598. The second-order valence-corrected chi connectivity index (χ2v) is 7.92. The van der Waals surface area contributed by atoms with E-state index < -0.39 is 9.84 Å². The fraction of sp³-hybridized carbons (Fsp3) is 0.0556. The van der Waals surface area contributed by atoms with Crippen LogP contribution < -0.4 is 5.73 Å². The second kappa shape index (κ2) is 5.92. The van der Waals surface area contributed by atoms with E-state index in [1.54, 1.807) is 41.2 Å². The number of imidazole rings is 1. The van der Waals surface area contributed by atoms with Crippen LogP contribution in [-0.4, -0.2) is 34.3 Å². The molecule has 0 spiro atoms. The Morgan fingerprint density at radius 3 is 2.54 bits per heavy atom. The third kappa shape index (κ3) is 2.91. The molecule has 3 heterocycles. The minimum Gasteiger partial charge on any atom is -0.384 e. The number of hydrogen-bond acceptors (Lipinski definition) is 6. The molecular weight excluding hydrogens is 350 g/mol. The summed E-state index contributed by atoms with van der Waals surface area (Å²) in [6.07, 6.45) is 4.56. The molecule has 0 atom stereocenters. The van der Waals surface area contributed by atoms with Gasteiger partial charge >= 0.3 is 0 Å². The molecule has 0 bridgehead atoms. The number of nitrogen functional groups attached to an aromatic ring is 1. The molecule has 0 radical (unpaired) electrons. The second-order valence-electron chi connectivity index (χ2n) is 5.90. The Balaban J connectivity index is 1.86. The zero-order valence-electron chi connectivity index (χ0n) is 13.9. The van der Waals surface area contributed by atoms with Crippen LogP contribution in [0.25, 0.3) is 28.2 Å². The van der Waals surface area contributed by atoms with Crippen molar-refractivity contribution < 1.29 is 8.42 Å². The van der Waals surface area contributed by atoms with Crippen LogP contribution in [0.15, 0.2) is 65.8 Å². The first kappa shape index (κ1) is 16.2. The summed E-state index contributed by atoms with van der Waals surface area (Å²) in [6, 6.07) is 13.9. The third-order valence-electron chi connectivity index (χ3n) is 4.00. The van der Waals surface area contributed by atoms with Gasteiger partial charge in [0.05, 0.1) is 22.5 Å². The monoisotopic (exact) mass is 365 g/mol. The zero-order chi connectivity index (χ0) is 18.3. The average Bonchev–Trinajstić information content (AvgIpc) is 3.05. The predicted molar refractivity (Wildman–Crippen MR) is 99.2 cm³/mol. The van der Waals surface area contributed by atoms with E-state index in [0.717, 1.165) is 11.3 Å². The molecule has 4 aromatic rings. The zero-order valence-corrected chi connectivity index (χ0v) is 14.7. The molecule has 0 saturated heterocycles. The maximum Gasteiger partial charge on any atom is 0.175 e. The van der Waals surface area contributed by atoms with Gasteiger partial charge in [0.25, 0.3) is 0 Å². The number of anilines is 1. The summed E-state index contributed by atoms with van der Waals surface area (Å²) in [7, 11) is -3.29. The molecule has 8 heteroatoms. The Kier molecular flexibility index (Phi) is 3.69. The molecule has 7 nitrogen and oxygen atoms in total. The third-order valence-corrected chi connectivity index (χ3v) is 5.11. The molecule has 130 valence electrons. The van der Waals surface area contributed by atoms with Crippen LogP contribution in [0.3, 0.4) is 0 Å². The van der Waals surface area contributed by atoms with Crippen molar-refractivity contribution in [3.05, 3.63) is 60.9 Å². The lowest BCUT2D eigenvalue weighted by Crippen LogP contribution is -1.99. The molecule has 3 aromatic heterocycles. The molecule has 0 aliphatic heterocycles. The van der Waals surface area contributed by atoms with E-state index in [9.17, 15) is 8.42 Å². The van der Waals surface area contributed by atoms with Gasteiger partial charge in [0.15, 0.2) is 15.5 Å². The van der Waals surface area contributed by atoms with Gasteiger partial charge in [0, 0.05) is 23.6 Å². The van der Waals surface area contributed by atoms with E-state index in [2.05, 4.69) is 15.1 Å². The van der Waals surface area contributed by atoms with Gasteiger partial charge in [-0.05, 0) is 36.4 Å². The van der Waals surface area contributed by atoms with E-state index in [0.29, 0.717) is 22.7 Å². The van der Waals surface area contributed by atoms with E-state index in [1.807, 2.05) is 24.3 Å². The van der Waals surface area contributed by atoms with Crippen LogP contribution in [0.2, 0.25) is 0 Å². The number of fused-ring (bicyclic) bond motifs is 1. The normalized spacial score (nSPS) is 11.7. The highest BCUT2D eigenvalue weighted by molar-refractivity contribution is 7.90. The Labute approximate surface area is 150 Å². The van der Waals surface area contributed by atoms with Crippen LogP contribution >= 0.6 is 0 Å². The number of nitrogens with zero attached hydrogens (tertiary/aromatic N) is 4. The first-order chi connectivity index (χ1) is 12.4. The van der Waals surface area contributed by atoms with Crippen LogP contribution in [0.1, 0.15) is 0 Å². The van der Waals surface area contributed by atoms with Gasteiger partial charge in [-0.3, -0.25) is 0 Å². The van der Waals surface area contributed by atoms with Crippen molar-refractivity contribution in [2.75, 3.05) is 12.0 Å². The number of aromatic nitrogens is 4. The van der Waals surface area contributed by atoms with Gasteiger partial charge in [-0.15, -0.1) is 0 Å². The van der Waals surface area contributed by atoms with Crippen molar-refractivity contribution in [3.8, 4) is 22.5 Å². The first-order valence-electron chi connectivity index (χ1n) is 7.79. The maximum absolute atomic E-state index is 11.8. The fourth-order valence-corrected chi connectivity index (χ4v) is 3.33. The summed E-state index contributed by atoms with van der Waals surface area (Å²) in [4.78, 5) is 8.71. The molecule has 2 N–H and O–H groups in total. The van der Waals surface area contributed by atoms with E-state index in [4.69, 9.17) is 5.73 Å². The van der Waals surface area contributed by atoms with E-state index in [-0.39, 0.29) is 4.90 Å². The smallest absolute Gasteiger partial charge is 0.175 e. The highest BCUT2D eigenvalue weighted by Crippen LogP contribution is 2.24. The van der Waals surface area contributed by atoms with Gasteiger partial charge in [0.2, 0.25) is 0 Å². The lowest BCUT2D eigenvalue weighted by atomic mass is 10.1. The highest BCUT2D eigenvalue weighted by Gasteiger charge is 2.12. The van der Waals surface area contributed by atoms with Gasteiger partial charge in [-0.2, -0.15) is 5.10 Å². The lowest BCUT2D eigenvalue weighted by molar-refractivity contribution is 0.602. The van der Waals surface area contributed by atoms with Crippen LogP contribution in [0.4, 0.5) is 5.82 Å². The van der Waals surface area contributed by atoms with E-state index >= 15 is 0 Å². The number of pyridine rings is 1. The topological polar surface area (TPSA) is 103 Å². The number of sulfone groups is 1. The Hall–Kier alpha value is -3.26. The Morgan fingerprint density at radius 2 is 1.81 bits per heavy atom. The van der Waals surface area contributed by atoms with Gasteiger partial charge in [-0.25, -0.2) is 22.9 Å². The van der Waals surface area contributed by atoms with Crippen molar-refractivity contribution in [2.45, 2.75) is 4.90 Å². The summed E-state index contributed by atoms with van der Waals surface area (Å²) in [5, 5.41) is 4.63. The highest BCUT2D eigenvalue weighted by atomic mass is 32.2. The van der Waals surface area contributed by atoms with Gasteiger partial charge < -0.3 is 5.73 Å². The first-order valence-corrected chi connectivity index (χ1v) is 9.68. The van der Waals surface area contributed by atoms with Crippen molar-refractivity contribution >= 4 is 21.3 Å². The summed E-state index contributed by atoms with van der Waals surface area (Å²) < 4.78 is 25.3. The summed E-state index contributed by atoms with van der Waals surface area (Å²) in [5.41, 5.74) is 9.29. The van der Waals surface area contributed by atoms with Crippen LogP contribution in [0, 0.1) is 0 Å². The van der Waals surface area contributed by atoms with Crippen LogP contribution in [-0.2, 0) is 9.84 Å². The minimum absolute atomic E-state index is 0.255. The molecule has 4 rings (SSSR count). The summed E-state index contributed by atoms with van der Waals surface area (Å²) in [6.45, 7) is 0. The summed E-state index contributed by atoms with van der Waals surface area (Å²) >= 11 is 0. The van der Waals surface area contributed by atoms with E-state index in [1.165, 1.54) is 6.26 Å². The van der Waals surface area contributed by atoms with Crippen molar-refractivity contribution in [1.29, 1.82) is 0 Å². The molecular formula is C18H15N5O2S.